The summed E-state index contributed by atoms with van der Waals surface area (Å²) in [4.78, 5) is 45.0. The zero-order chi connectivity index (χ0) is 25.9. The lowest BCUT2D eigenvalue weighted by atomic mass is 9.89. The van der Waals surface area contributed by atoms with E-state index in [-0.39, 0.29) is 23.5 Å². The van der Waals surface area contributed by atoms with Gasteiger partial charge >= 0.3 is 5.97 Å². The van der Waals surface area contributed by atoms with E-state index in [0.717, 1.165) is 31.2 Å². The van der Waals surface area contributed by atoms with Crippen LogP contribution in [0.4, 0.5) is 5.69 Å². The monoisotopic (exact) mass is 496 g/mol. The summed E-state index contributed by atoms with van der Waals surface area (Å²) in [6.45, 7) is 2.18. The molecule has 3 aromatic rings. The van der Waals surface area contributed by atoms with Crippen molar-refractivity contribution in [2.24, 2.45) is 0 Å². The van der Waals surface area contributed by atoms with E-state index in [1.165, 1.54) is 16.5 Å². The van der Waals surface area contributed by atoms with Gasteiger partial charge in [-0.3, -0.25) is 19.5 Å². The van der Waals surface area contributed by atoms with Gasteiger partial charge in [0.15, 0.2) is 0 Å². The normalized spacial score (nSPS) is 18.5. The molecule has 2 heterocycles. The Morgan fingerprint density at radius 1 is 1.00 bits per heavy atom. The molecule has 7 heteroatoms. The Labute approximate surface area is 215 Å². The molecule has 1 N–H and O–H groups in total. The Hall–Kier alpha value is -4.26. The summed E-state index contributed by atoms with van der Waals surface area (Å²) in [6, 6.07) is 16.4. The number of fused-ring (bicyclic) bond motifs is 1. The lowest BCUT2D eigenvalue weighted by Crippen LogP contribution is -2.30. The molecule has 1 aromatic heterocycles. The first-order valence-electron chi connectivity index (χ1n) is 12.6. The van der Waals surface area contributed by atoms with Crippen molar-refractivity contribution in [3.8, 4) is 0 Å². The van der Waals surface area contributed by atoms with Crippen LogP contribution in [-0.2, 0) is 27.2 Å². The van der Waals surface area contributed by atoms with Gasteiger partial charge in [0.25, 0.3) is 11.7 Å². The average molecular weight is 497 g/mol. The predicted octanol–water partition coefficient (Wildman–Crippen LogP) is 5.15. The van der Waals surface area contributed by atoms with E-state index in [1.54, 1.807) is 48.7 Å². The van der Waals surface area contributed by atoms with Crippen molar-refractivity contribution < 1.29 is 24.2 Å². The highest BCUT2D eigenvalue weighted by molar-refractivity contribution is 6.51. The highest BCUT2D eigenvalue weighted by Crippen LogP contribution is 2.42. The number of nitrogens with zero attached hydrogens (tertiary/aromatic N) is 2. The van der Waals surface area contributed by atoms with Crippen molar-refractivity contribution in [2.45, 2.75) is 45.1 Å². The molecule has 1 unspecified atom stereocenters. The molecule has 0 bridgehead atoms. The third-order valence-electron chi connectivity index (χ3n) is 6.83. The predicted molar refractivity (Wildman–Crippen MR) is 139 cm³/mol. The molecule has 5 rings (SSSR count). The maximum Gasteiger partial charge on any atom is 0.338 e. The smallest absolute Gasteiger partial charge is 0.338 e. The van der Waals surface area contributed by atoms with Crippen molar-refractivity contribution in [2.75, 3.05) is 11.5 Å². The van der Waals surface area contributed by atoms with Gasteiger partial charge in [-0.25, -0.2) is 4.79 Å². The third-order valence-corrected chi connectivity index (χ3v) is 6.83. The molecule has 1 aliphatic heterocycles. The van der Waals surface area contributed by atoms with Crippen LogP contribution < -0.4 is 4.90 Å². The summed E-state index contributed by atoms with van der Waals surface area (Å²) in [5, 5.41) is 11.4. The molecule has 188 valence electrons. The number of carbonyl (C=O) groups excluding carboxylic acids is 3. The summed E-state index contributed by atoms with van der Waals surface area (Å²) in [5.41, 5.74) is 3.90. The molecular weight excluding hydrogens is 468 g/mol. The zero-order valence-corrected chi connectivity index (χ0v) is 20.6. The van der Waals surface area contributed by atoms with Crippen molar-refractivity contribution >= 4 is 29.1 Å². The quantitative estimate of drug-likeness (QED) is 0.219. The molecule has 2 aliphatic rings. The number of amides is 1. The molecule has 2 aromatic carbocycles. The molecule has 0 radical (unpaired) electrons. The van der Waals surface area contributed by atoms with Crippen LogP contribution in [0.25, 0.3) is 5.76 Å². The number of pyridine rings is 1. The van der Waals surface area contributed by atoms with Gasteiger partial charge in [0.1, 0.15) is 11.8 Å². The minimum Gasteiger partial charge on any atom is -0.507 e. The van der Waals surface area contributed by atoms with Crippen molar-refractivity contribution in [3.05, 3.63) is 100 Å². The number of ether oxygens (including phenoxy) is 1. The number of benzene rings is 2. The van der Waals surface area contributed by atoms with E-state index >= 15 is 0 Å². The Balaban J connectivity index is 1.62. The number of aliphatic hydroxyl groups is 1. The number of aryl methyl sites for hydroxylation is 2. The molecule has 1 saturated heterocycles. The largest absolute Gasteiger partial charge is 0.507 e. The van der Waals surface area contributed by atoms with E-state index in [4.69, 9.17) is 4.74 Å². The van der Waals surface area contributed by atoms with Gasteiger partial charge in [-0.2, -0.15) is 0 Å². The van der Waals surface area contributed by atoms with Crippen LogP contribution in [0.2, 0.25) is 0 Å². The van der Waals surface area contributed by atoms with Crippen molar-refractivity contribution in [1.29, 1.82) is 0 Å². The number of hydrogen-bond acceptors (Lipinski definition) is 6. The summed E-state index contributed by atoms with van der Waals surface area (Å²) in [6.07, 6.45) is 6.37. The molecular formula is C30H28N2O5. The average Bonchev–Trinajstić information content (AvgIpc) is 3.21. The zero-order valence-electron chi connectivity index (χ0n) is 20.6. The number of aliphatic hydroxyl groups excluding tert-OH is 1. The fourth-order valence-electron chi connectivity index (χ4n) is 5.01. The van der Waals surface area contributed by atoms with Gasteiger partial charge in [0, 0.05) is 17.4 Å². The molecule has 1 atom stereocenters. The Morgan fingerprint density at radius 2 is 1.81 bits per heavy atom. The maximum atomic E-state index is 13.4. The fraction of sp³-hybridized carbons (Fsp3) is 0.267. The van der Waals surface area contributed by atoms with Gasteiger partial charge in [-0.1, -0.05) is 31.2 Å². The Bertz CT molecular complexity index is 1400. The molecule has 1 fully saturated rings. The summed E-state index contributed by atoms with van der Waals surface area (Å²) < 4.78 is 5.25. The third kappa shape index (κ3) is 4.65. The minimum absolute atomic E-state index is 0.0292. The summed E-state index contributed by atoms with van der Waals surface area (Å²) in [5.74, 6) is -2.34. The minimum atomic E-state index is -0.959. The molecule has 7 nitrogen and oxygen atoms in total. The topological polar surface area (TPSA) is 96.8 Å². The molecule has 1 amide bonds. The Kier molecular flexibility index (Phi) is 6.86. The van der Waals surface area contributed by atoms with Gasteiger partial charge in [-0.05, 0) is 79.6 Å². The first kappa shape index (κ1) is 24.4. The number of hydrogen-bond donors (Lipinski definition) is 1. The van der Waals surface area contributed by atoms with Crippen molar-refractivity contribution in [3.63, 3.8) is 0 Å². The highest BCUT2D eigenvalue weighted by atomic mass is 16.5. The van der Waals surface area contributed by atoms with Crippen molar-refractivity contribution in [1.82, 2.24) is 4.98 Å². The number of Topliss-reactive ketones (excluding diaryl/α,β-unsaturated/α-hetero) is 1. The van der Waals surface area contributed by atoms with Crippen LogP contribution >= 0.6 is 0 Å². The van der Waals surface area contributed by atoms with Gasteiger partial charge in [0.05, 0.1) is 23.4 Å². The standard InChI is InChI=1S/C30H28N2O5/c1-2-16-37-30(36)22-10-7-11-23(18-22)32-26(24-12-5-6-15-31-24)25(28(34)29(32)35)27(33)21-14-13-19-8-3-4-9-20(19)17-21/h5-7,10-15,17-18,26,33H,2-4,8-9,16H2,1H3/b27-25-. The van der Waals surface area contributed by atoms with Gasteiger partial charge in [-0.15, -0.1) is 0 Å². The van der Waals surface area contributed by atoms with Crippen LogP contribution in [-0.4, -0.2) is 34.4 Å². The lowest BCUT2D eigenvalue weighted by molar-refractivity contribution is -0.132. The van der Waals surface area contributed by atoms with E-state index in [0.29, 0.717) is 23.4 Å². The second kappa shape index (κ2) is 10.4. The molecule has 0 saturated carbocycles. The summed E-state index contributed by atoms with van der Waals surface area (Å²) in [7, 11) is 0. The number of anilines is 1. The van der Waals surface area contributed by atoms with Gasteiger partial charge < -0.3 is 9.84 Å². The summed E-state index contributed by atoms with van der Waals surface area (Å²) >= 11 is 0. The lowest BCUT2D eigenvalue weighted by Gasteiger charge is -2.25. The van der Waals surface area contributed by atoms with Crippen LogP contribution in [0.15, 0.2) is 72.4 Å². The Morgan fingerprint density at radius 3 is 2.57 bits per heavy atom. The second-order valence-electron chi connectivity index (χ2n) is 9.30. The maximum absolute atomic E-state index is 13.4. The first-order valence-corrected chi connectivity index (χ1v) is 12.6. The number of rotatable bonds is 6. The van der Waals surface area contributed by atoms with Crippen LogP contribution in [0.1, 0.15) is 65.0 Å². The fourth-order valence-corrected chi connectivity index (χ4v) is 5.01. The van der Waals surface area contributed by atoms with Crippen LogP contribution in [0.3, 0.4) is 0 Å². The number of carbonyl (C=O) groups is 3. The van der Waals surface area contributed by atoms with E-state index in [2.05, 4.69) is 4.98 Å². The molecule has 1 aliphatic carbocycles. The number of aromatic nitrogens is 1. The van der Waals surface area contributed by atoms with Gasteiger partial charge in [0.2, 0.25) is 0 Å². The number of ketones is 1. The van der Waals surface area contributed by atoms with E-state index < -0.39 is 23.7 Å². The molecule has 0 spiro atoms. The highest BCUT2D eigenvalue weighted by Gasteiger charge is 2.47. The van der Waals surface area contributed by atoms with E-state index in [9.17, 15) is 19.5 Å². The van der Waals surface area contributed by atoms with Crippen LogP contribution in [0, 0.1) is 0 Å². The SMILES string of the molecule is CCCOC(=O)c1cccc(N2C(=O)C(=O)/C(=C(\O)c3ccc4c(c3)CCCC4)C2c2ccccn2)c1. The first-order chi connectivity index (χ1) is 18.0. The number of esters is 1. The van der Waals surface area contributed by atoms with Crippen LogP contribution in [0.5, 0.6) is 0 Å². The second-order valence-corrected chi connectivity index (χ2v) is 9.30. The molecule has 37 heavy (non-hydrogen) atoms. The van der Waals surface area contributed by atoms with E-state index in [1.807, 2.05) is 19.1 Å².